The topological polar surface area (TPSA) is 50.8 Å². The molecule has 0 unspecified atom stereocenters. The van der Waals surface area contributed by atoms with Crippen LogP contribution in [-0.4, -0.2) is 44.3 Å². The highest BCUT2D eigenvalue weighted by molar-refractivity contribution is 5.75. The Kier molecular flexibility index (Phi) is 5.29. The van der Waals surface area contributed by atoms with Crippen molar-refractivity contribution < 1.29 is 14.3 Å². The van der Waals surface area contributed by atoms with Gasteiger partial charge in [0.25, 0.3) is 0 Å². The standard InChI is InChI=1S/C17H26N2O3/c1-17(2,3)15(13-6-5-7-14(12-13)21-4)18-16(20)19-8-10-22-11-9-19/h5-7,12,15H,8-11H2,1-4H3,(H,18,20)/t15-/m1/s1. The van der Waals surface area contributed by atoms with E-state index in [1.54, 1.807) is 7.11 Å². The molecule has 1 aliphatic rings. The quantitative estimate of drug-likeness (QED) is 0.934. The van der Waals surface area contributed by atoms with Crippen LogP contribution in [0.15, 0.2) is 24.3 Å². The van der Waals surface area contributed by atoms with E-state index in [1.165, 1.54) is 0 Å². The number of nitrogens with one attached hydrogen (secondary N) is 1. The Morgan fingerprint density at radius 1 is 1.32 bits per heavy atom. The van der Waals surface area contributed by atoms with Gasteiger partial charge in [-0.1, -0.05) is 32.9 Å². The first-order valence-electron chi connectivity index (χ1n) is 7.69. The van der Waals surface area contributed by atoms with Gasteiger partial charge >= 0.3 is 6.03 Å². The highest BCUT2D eigenvalue weighted by atomic mass is 16.5. The number of nitrogens with zero attached hydrogens (tertiary/aromatic N) is 1. The predicted octanol–water partition coefficient (Wildman–Crippen LogP) is 2.82. The number of rotatable bonds is 3. The van der Waals surface area contributed by atoms with Gasteiger partial charge in [-0.3, -0.25) is 0 Å². The zero-order chi connectivity index (χ0) is 16.2. The highest BCUT2D eigenvalue weighted by Gasteiger charge is 2.30. The zero-order valence-electron chi connectivity index (χ0n) is 13.9. The van der Waals surface area contributed by atoms with Crippen LogP contribution >= 0.6 is 0 Å². The molecule has 0 radical (unpaired) electrons. The van der Waals surface area contributed by atoms with Crippen molar-refractivity contribution in [3.63, 3.8) is 0 Å². The molecule has 1 N–H and O–H groups in total. The first kappa shape index (κ1) is 16.6. The molecule has 1 fully saturated rings. The molecule has 1 saturated heterocycles. The number of amides is 2. The minimum atomic E-state index is -0.103. The molecule has 5 heteroatoms. The van der Waals surface area contributed by atoms with Gasteiger partial charge in [-0.05, 0) is 23.1 Å². The number of methoxy groups -OCH3 is 1. The average Bonchev–Trinajstić information content (AvgIpc) is 2.52. The van der Waals surface area contributed by atoms with E-state index in [2.05, 4.69) is 26.1 Å². The molecule has 5 nitrogen and oxygen atoms in total. The van der Waals surface area contributed by atoms with E-state index in [0.717, 1.165) is 11.3 Å². The number of ether oxygens (including phenoxy) is 2. The van der Waals surface area contributed by atoms with Crippen LogP contribution in [-0.2, 0) is 4.74 Å². The van der Waals surface area contributed by atoms with Crippen molar-refractivity contribution in [3.8, 4) is 5.75 Å². The zero-order valence-corrected chi connectivity index (χ0v) is 13.9. The van der Waals surface area contributed by atoms with Gasteiger partial charge in [-0.25, -0.2) is 4.79 Å². The van der Waals surface area contributed by atoms with Crippen molar-refractivity contribution in [3.05, 3.63) is 29.8 Å². The summed E-state index contributed by atoms with van der Waals surface area (Å²) in [7, 11) is 1.65. The third-order valence-corrected chi connectivity index (χ3v) is 3.86. The summed E-state index contributed by atoms with van der Waals surface area (Å²) in [4.78, 5) is 14.3. The highest BCUT2D eigenvalue weighted by Crippen LogP contribution is 2.34. The fraction of sp³-hybridized carbons (Fsp3) is 0.588. The monoisotopic (exact) mass is 306 g/mol. The van der Waals surface area contributed by atoms with Crippen LogP contribution in [0.25, 0.3) is 0 Å². The van der Waals surface area contributed by atoms with Crippen molar-refractivity contribution in [2.45, 2.75) is 26.8 Å². The third kappa shape index (κ3) is 4.13. The summed E-state index contributed by atoms with van der Waals surface area (Å²) in [5.41, 5.74) is 0.947. The number of hydrogen-bond acceptors (Lipinski definition) is 3. The second-order valence-corrected chi connectivity index (χ2v) is 6.62. The molecule has 0 saturated carbocycles. The Bertz CT molecular complexity index is 505. The maximum absolute atomic E-state index is 12.5. The van der Waals surface area contributed by atoms with Crippen LogP contribution in [0.1, 0.15) is 32.4 Å². The molecule has 0 bridgehead atoms. The second kappa shape index (κ2) is 7.01. The van der Waals surface area contributed by atoms with E-state index >= 15 is 0 Å². The number of benzene rings is 1. The Balaban J connectivity index is 2.17. The molecule has 2 rings (SSSR count). The van der Waals surface area contributed by atoms with Gasteiger partial charge in [-0.15, -0.1) is 0 Å². The van der Waals surface area contributed by atoms with Gasteiger partial charge < -0.3 is 19.7 Å². The van der Waals surface area contributed by atoms with Crippen molar-refractivity contribution in [2.24, 2.45) is 5.41 Å². The Morgan fingerprint density at radius 2 is 2.00 bits per heavy atom. The van der Waals surface area contributed by atoms with Gasteiger partial charge in [0.05, 0.1) is 26.4 Å². The van der Waals surface area contributed by atoms with Gasteiger partial charge in [0.15, 0.2) is 0 Å². The number of carbonyl (C=O) groups excluding carboxylic acids is 1. The molecule has 122 valence electrons. The number of urea groups is 1. The molecule has 0 spiro atoms. The second-order valence-electron chi connectivity index (χ2n) is 6.62. The van der Waals surface area contributed by atoms with Crippen LogP contribution in [0.2, 0.25) is 0 Å². The first-order chi connectivity index (χ1) is 10.4. The van der Waals surface area contributed by atoms with Gasteiger partial charge in [0, 0.05) is 13.1 Å². The van der Waals surface area contributed by atoms with Gasteiger partial charge in [-0.2, -0.15) is 0 Å². The SMILES string of the molecule is COc1cccc([C@@H](NC(=O)N2CCOCC2)C(C)(C)C)c1. The maximum Gasteiger partial charge on any atom is 0.318 e. The van der Waals surface area contributed by atoms with Crippen molar-refractivity contribution >= 4 is 6.03 Å². The molecule has 1 atom stereocenters. The van der Waals surface area contributed by atoms with E-state index in [9.17, 15) is 4.79 Å². The van der Waals surface area contributed by atoms with E-state index in [4.69, 9.17) is 9.47 Å². The van der Waals surface area contributed by atoms with Crippen LogP contribution in [0.4, 0.5) is 4.79 Å². The summed E-state index contributed by atoms with van der Waals surface area (Å²) in [6, 6.07) is 7.75. The number of morpholine rings is 1. The minimum Gasteiger partial charge on any atom is -0.497 e. The predicted molar refractivity (Wildman–Crippen MR) is 86.1 cm³/mol. The van der Waals surface area contributed by atoms with E-state index < -0.39 is 0 Å². The van der Waals surface area contributed by atoms with Crippen molar-refractivity contribution in [1.82, 2.24) is 10.2 Å². The summed E-state index contributed by atoms with van der Waals surface area (Å²) in [6.07, 6.45) is 0. The van der Waals surface area contributed by atoms with Crippen molar-refractivity contribution in [1.29, 1.82) is 0 Å². The lowest BCUT2D eigenvalue weighted by molar-refractivity contribution is 0.0512. The molecule has 0 aromatic heterocycles. The first-order valence-corrected chi connectivity index (χ1v) is 7.69. The summed E-state index contributed by atoms with van der Waals surface area (Å²) in [5.74, 6) is 0.798. The molecule has 1 aromatic carbocycles. The Hall–Kier alpha value is -1.75. The molecule has 1 heterocycles. The normalized spacial score (nSPS) is 17.0. The smallest absolute Gasteiger partial charge is 0.318 e. The third-order valence-electron chi connectivity index (χ3n) is 3.86. The lowest BCUT2D eigenvalue weighted by Gasteiger charge is -2.35. The van der Waals surface area contributed by atoms with Crippen LogP contribution in [0.3, 0.4) is 0 Å². The van der Waals surface area contributed by atoms with Gasteiger partial charge in [0.1, 0.15) is 5.75 Å². The lowest BCUT2D eigenvalue weighted by Crippen LogP contribution is -2.49. The molecular weight excluding hydrogens is 280 g/mol. The molecular formula is C17H26N2O3. The van der Waals surface area contributed by atoms with Crippen LogP contribution in [0, 0.1) is 5.41 Å². The fourth-order valence-electron chi connectivity index (χ4n) is 2.60. The van der Waals surface area contributed by atoms with Crippen LogP contribution in [0.5, 0.6) is 5.75 Å². The van der Waals surface area contributed by atoms with E-state index in [0.29, 0.717) is 26.3 Å². The minimum absolute atomic E-state index is 0.0361. The fourth-order valence-corrected chi connectivity index (χ4v) is 2.60. The Labute approximate surface area is 132 Å². The maximum atomic E-state index is 12.5. The number of hydrogen-bond donors (Lipinski definition) is 1. The molecule has 1 aliphatic heterocycles. The summed E-state index contributed by atoms with van der Waals surface area (Å²) in [5, 5.41) is 3.17. The molecule has 22 heavy (non-hydrogen) atoms. The van der Waals surface area contributed by atoms with E-state index in [-0.39, 0.29) is 17.5 Å². The van der Waals surface area contributed by atoms with E-state index in [1.807, 2.05) is 29.2 Å². The largest absolute Gasteiger partial charge is 0.497 e. The molecule has 2 amide bonds. The average molecular weight is 306 g/mol. The lowest BCUT2D eigenvalue weighted by atomic mass is 9.82. The summed E-state index contributed by atoms with van der Waals surface area (Å²) >= 11 is 0. The van der Waals surface area contributed by atoms with Crippen LogP contribution < -0.4 is 10.1 Å². The summed E-state index contributed by atoms with van der Waals surface area (Å²) < 4.78 is 10.6. The van der Waals surface area contributed by atoms with Gasteiger partial charge in [0.2, 0.25) is 0 Å². The molecule has 1 aromatic rings. The summed E-state index contributed by atoms with van der Waals surface area (Å²) in [6.45, 7) is 8.85. The van der Waals surface area contributed by atoms with Crippen molar-refractivity contribution in [2.75, 3.05) is 33.4 Å². The molecule has 0 aliphatic carbocycles. The Morgan fingerprint density at radius 3 is 2.59 bits per heavy atom. The number of carbonyl (C=O) groups is 1.